The summed E-state index contributed by atoms with van der Waals surface area (Å²) < 4.78 is 34.0. The second-order valence-corrected chi connectivity index (χ2v) is 11.3. The fourth-order valence-corrected chi connectivity index (χ4v) is 5.64. The number of hydrogen-bond donors (Lipinski definition) is 1. The highest BCUT2D eigenvalue weighted by Gasteiger charge is 2.33. The predicted octanol–water partition coefficient (Wildman–Crippen LogP) is 5.01. The third-order valence-electron chi connectivity index (χ3n) is 5.77. The first kappa shape index (κ1) is 29.6. The van der Waals surface area contributed by atoms with E-state index >= 15 is 0 Å². The molecule has 0 aliphatic heterocycles. The molecule has 38 heavy (non-hydrogen) atoms. The van der Waals surface area contributed by atoms with Gasteiger partial charge in [-0.15, -0.1) is 0 Å². The number of likely N-dealkylation sites (N-methyl/N-ethyl adjacent to an activating group) is 1. The minimum Gasteiger partial charge on any atom is -0.495 e. The molecule has 0 heterocycles. The standard InChI is InChI=1S/C26H26Cl3N3O5S/c1-17(26(34)30-2)31(15-18-9-11-21(28)22(29)13-18)25(33)16-32(23-14-19(27)10-12-24(23)37-3)38(35,36)20-7-5-4-6-8-20/h4-14,17H,15-16H2,1-3H3,(H,30,34)/t17-/m1/s1. The third kappa shape index (κ3) is 6.71. The lowest BCUT2D eigenvalue weighted by molar-refractivity contribution is -0.139. The van der Waals surface area contributed by atoms with Gasteiger partial charge in [-0.3, -0.25) is 13.9 Å². The highest BCUT2D eigenvalue weighted by Crippen LogP contribution is 2.35. The lowest BCUT2D eigenvalue weighted by Crippen LogP contribution is -2.50. The van der Waals surface area contributed by atoms with E-state index in [1.807, 2.05) is 0 Å². The summed E-state index contributed by atoms with van der Waals surface area (Å²) in [6.07, 6.45) is 0. The van der Waals surface area contributed by atoms with Crippen LogP contribution in [0.4, 0.5) is 5.69 Å². The molecular weight excluding hydrogens is 573 g/mol. The molecule has 0 saturated heterocycles. The average molecular weight is 599 g/mol. The monoisotopic (exact) mass is 597 g/mol. The smallest absolute Gasteiger partial charge is 0.264 e. The van der Waals surface area contributed by atoms with Crippen molar-refractivity contribution in [1.82, 2.24) is 10.2 Å². The van der Waals surface area contributed by atoms with Gasteiger partial charge < -0.3 is 15.0 Å². The van der Waals surface area contributed by atoms with Crippen LogP contribution in [0.25, 0.3) is 0 Å². The van der Waals surface area contributed by atoms with Crippen LogP contribution >= 0.6 is 34.8 Å². The van der Waals surface area contributed by atoms with Gasteiger partial charge in [-0.2, -0.15) is 0 Å². The van der Waals surface area contributed by atoms with Crippen molar-refractivity contribution in [2.45, 2.75) is 24.4 Å². The Labute approximate surface area is 237 Å². The molecule has 0 saturated carbocycles. The molecular formula is C26H26Cl3N3O5S. The first-order valence-corrected chi connectivity index (χ1v) is 13.9. The lowest BCUT2D eigenvalue weighted by Gasteiger charge is -2.32. The number of ether oxygens (including phenoxy) is 1. The van der Waals surface area contributed by atoms with Crippen LogP contribution in [0.1, 0.15) is 12.5 Å². The summed E-state index contributed by atoms with van der Waals surface area (Å²) in [5.74, 6) is -0.887. The number of sulfonamides is 1. The molecule has 0 fully saturated rings. The van der Waals surface area contributed by atoms with E-state index in [1.54, 1.807) is 49.4 Å². The second-order valence-electron chi connectivity index (χ2n) is 8.20. The average Bonchev–Trinajstić information content (AvgIpc) is 2.91. The van der Waals surface area contributed by atoms with Gasteiger partial charge in [0.25, 0.3) is 10.0 Å². The normalized spacial score (nSPS) is 11.9. The van der Waals surface area contributed by atoms with Crippen molar-refractivity contribution in [3.05, 3.63) is 87.4 Å². The van der Waals surface area contributed by atoms with Gasteiger partial charge in [0.1, 0.15) is 18.3 Å². The summed E-state index contributed by atoms with van der Waals surface area (Å²) in [5.41, 5.74) is 0.667. The summed E-state index contributed by atoms with van der Waals surface area (Å²) in [5, 5.41) is 3.38. The van der Waals surface area contributed by atoms with Gasteiger partial charge in [-0.05, 0) is 55.0 Å². The van der Waals surface area contributed by atoms with Gasteiger partial charge in [0, 0.05) is 18.6 Å². The largest absolute Gasteiger partial charge is 0.495 e. The van der Waals surface area contributed by atoms with Crippen molar-refractivity contribution in [2.24, 2.45) is 0 Å². The Morgan fingerprint density at radius 2 is 1.66 bits per heavy atom. The van der Waals surface area contributed by atoms with E-state index in [2.05, 4.69) is 5.32 Å². The number of carbonyl (C=O) groups is 2. The number of hydrogen-bond acceptors (Lipinski definition) is 5. The van der Waals surface area contributed by atoms with E-state index in [-0.39, 0.29) is 32.9 Å². The van der Waals surface area contributed by atoms with Crippen molar-refractivity contribution in [1.29, 1.82) is 0 Å². The van der Waals surface area contributed by atoms with Gasteiger partial charge in [-0.1, -0.05) is 59.1 Å². The van der Waals surface area contributed by atoms with Gasteiger partial charge >= 0.3 is 0 Å². The van der Waals surface area contributed by atoms with Crippen LogP contribution in [0.2, 0.25) is 15.1 Å². The Hall–Kier alpha value is -2.98. The maximum absolute atomic E-state index is 13.8. The number of methoxy groups -OCH3 is 1. The molecule has 0 aliphatic carbocycles. The fourth-order valence-electron chi connectivity index (χ4n) is 3.72. The molecule has 1 atom stereocenters. The minimum absolute atomic E-state index is 0.0315. The topological polar surface area (TPSA) is 96.0 Å². The number of benzene rings is 3. The number of amides is 2. The molecule has 0 aliphatic rings. The van der Waals surface area contributed by atoms with Crippen LogP contribution < -0.4 is 14.4 Å². The molecule has 202 valence electrons. The molecule has 3 aromatic carbocycles. The van der Waals surface area contributed by atoms with Crippen LogP contribution in [0.15, 0.2) is 71.6 Å². The van der Waals surface area contributed by atoms with Crippen LogP contribution in [0.5, 0.6) is 5.75 Å². The van der Waals surface area contributed by atoms with Crippen molar-refractivity contribution < 1.29 is 22.7 Å². The maximum atomic E-state index is 13.8. The van der Waals surface area contributed by atoms with Crippen molar-refractivity contribution in [3.8, 4) is 5.75 Å². The summed E-state index contributed by atoms with van der Waals surface area (Å²) in [4.78, 5) is 27.6. The summed E-state index contributed by atoms with van der Waals surface area (Å²) >= 11 is 18.4. The molecule has 1 N–H and O–H groups in total. The first-order chi connectivity index (χ1) is 18.0. The highest BCUT2D eigenvalue weighted by atomic mass is 35.5. The third-order valence-corrected chi connectivity index (χ3v) is 8.52. The predicted molar refractivity (Wildman–Crippen MR) is 150 cm³/mol. The Kier molecular flexibility index (Phi) is 9.89. The molecule has 0 aromatic heterocycles. The number of nitrogens with one attached hydrogen (secondary N) is 1. The van der Waals surface area contributed by atoms with E-state index in [0.717, 1.165) is 4.31 Å². The first-order valence-electron chi connectivity index (χ1n) is 11.4. The van der Waals surface area contributed by atoms with Crippen molar-refractivity contribution in [3.63, 3.8) is 0 Å². The highest BCUT2D eigenvalue weighted by molar-refractivity contribution is 7.92. The van der Waals surface area contributed by atoms with Crippen LogP contribution in [-0.2, 0) is 26.2 Å². The van der Waals surface area contributed by atoms with E-state index in [4.69, 9.17) is 39.5 Å². The van der Waals surface area contributed by atoms with Crippen molar-refractivity contribution in [2.75, 3.05) is 25.0 Å². The van der Waals surface area contributed by atoms with Crippen LogP contribution in [0.3, 0.4) is 0 Å². The van der Waals surface area contributed by atoms with E-state index in [1.165, 1.54) is 43.3 Å². The Morgan fingerprint density at radius 3 is 2.26 bits per heavy atom. The molecule has 3 rings (SSSR count). The van der Waals surface area contributed by atoms with Crippen LogP contribution in [0, 0.1) is 0 Å². The zero-order valence-electron chi connectivity index (χ0n) is 20.8. The summed E-state index contributed by atoms with van der Waals surface area (Å²) in [6, 6.07) is 16.0. The zero-order valence-corrected chi connectivity index (χ0v) is 23.9. The molecule has 0 bridgehead atoms. The molecule has 2 amide bonds. The van der Waals surface area contributed by atoms with Crippen molar-refractivity contribution >= 4 is 62.3 Å². The number of carbonyl (C=O) groups excluding carboxylic acids is 2. The Balaban J connectivity index is 2.10. The lowest BCUT2D eigenvalue weighted by atomic mass is 10.1. The number of anilines is 1. The van der Waals surface area contributed by atoms with Gasteiger partial charge in [0.2, 0.25) is 11.8 Å². The molecule has 0 radical (unpaired) electrons. The number of halogens is 3. The molecule has 3 aromatic rings. The summed E-state index contributed by atoms with van der Waals surface area (Å²) in [7, 11) is -1.43. The van der Waals surface area contributed by atoms with Gasteiger partial charge in [0.05, 0.1) is 27.7 Å². The van der Waals surface area contributed by atoms with E-state index < -0.39 is 34.4 Å². The minimum atomic E-state index is -4.26. The molecule has 8 nitrogen and oxygen atoms in total. The maximum Gasteiger partial charge on any atom is 0.264 e. The van der Waals surface area contributed by atoms with E-state index in [9.17, 15) is 18.0 Å². The van der Waals surface area contributed by atoms with Crippen LogP contribution in [-0.4, -0.2) is 51.9 Å². The summed E-state index contributed by atoms with van der Waals surface area (Å²) in [6.45, 7) is 0.872. The van der Waals surface area contributed by atoms with Gasteiger partial charge in [0.15, 0.2) is 0 Å². The Bertz CT molecular complexity index is 1420. The zero-order chi connectivity index (χ0) is 28.0. The molecule has 0 unspecified atom stereocenters. The SMILES string of the molecule is CNC(=O)[C@@H](C)N(Cc1ccc(Cl)c(Cl)c1)C(=O)CN(c1cc(Cl)ccc1OC)S(=O)(=O)c1ccccc1. The van der Waals surface area contributed by atoms with Gasteiger partial charge in [-0.25, -0.2) is 8.42 Å². The number of nitrogens with zero attached hydrogens (tertiary/aromatic N) is 2. The quantitative estimate of drug-likeness (QED) is 0.354. The molecule has 12 heteroatoms. The van der Waals surface area contributed by atoms with E-state index in [0.29, 0.717) is 10.6 Å². The second kappa shape index (κ2) is 12.7. The molecule has 0 spiro atoms. The fraction of sp³-hybridized carbons (Fsp3) is 0.231. The number of rotatable bonds is 10. The Morgan fingerprint density at radius 1 is 0.974 bits per heavy atom.